The third kappa shape index (κ3) is 3.41. The van der Waals surface area contributed by atoms with E-state index in [2.05, 4.69) is 11.4 Å². The summed E-state index contributed by atoms with van der Waals surface area (Å²) in [6.45, 7) is 4.60. The van der Waals surface area contributed by atoms with Crippen molar-refractivity contribution >= 4 is 0 Å². The predicted molar refractivity (Wildman–Crippen MR) is 63.6 cm³/mol. The molecule has 0 aliphatic rings. The van der Waals surface area contributed by atoms with Crippen molar-refractivity contribution in [3.63, 3.8) is 0 Å². The van der Waals surface area contributed by atoms with E-state index in [0.717, 1.165) is 5.57 Å². The lowest BCUT2D eigenvalue weighted by atomic mass is 10.2. The number of hydrogen-bond donors (Lipinski definition) is 1. The van der Waals surface area contributed by atoms with E-state index in [1.165, 1.54) is 0 Å². The van der Waals surface area contributed by atoms with Crippen molar-refractivity contribution < 1.29 is 4.42 Å². The maximum Gasteiger partial charge on any atom is 0.154 e. The van der Waals surface area contributed by atoms with Crippen LogP contribution in [0.25, 0.3) is 0 Å². The Kier molecular flexibility index (Phi) is 5.10. The highest BCUT2D eigenvalue weighted by atomic mass is 16.3. The first-order chi connectivity index (χ1) is 7.81. The Morgan fingerprint density at radius 1 is 1.62 bits per heavy atom. The Morgan fingerprint density at radius 3 is 2.94 bits per heavy atom. The molecule has 0 aliphatic carbocycles. The van der Waals surface area contributed by atoms with Crippen LogP contribution in [0.2, 0.25) is 0 Å². The molecular weight excluding hydrogens is 200 g/mol. The summed E-state index contributed by atoms with van der Waals surface area (Å²) in [7, 11) is 0. The number of rotatable bonds is 5. The van der Waals surface area contributed by atoms with Crippen LogP contribution < -0.4 is 5.32 Å². The van der Waals surface area contributed by atoms with Crippen LogP contribution in [0.3, 0.4) is 0 Å². The Hall–Kier alpha value is -1.79. The van der Waals surface area contributed by atoms with Crippen molar-refractivity contribution in [3.05, 3.63) is 48.0 Å². The van der Waals surface area contributed by atoms with Crippen molar-refractivity contribution in [2.24, 2.45) is 0 Å². The van der Waals surface area contributed by atoms with Gasteiger partial charge in [0.15, 0.2) is 6.04 Å². The molecule has 1 aromatic rings. The minimum absolute atomic E-state index is 0.393. The predicted octanol–water partition coefficient (Wildman–Crippen LogP) is 2.96. The minimum Gasteiger partial charge on any atom is -0.467 e. The second-order valence-electron chi connectivity index (χ2n) is 3.32. The van der Waals surface area contributed by atoms with Crippen LogP contribution in [0.1, 0.15) is 25.6 Å². The molecule has 3 nitrogen and oxygen atoms in total. The van der Waals surface area contributed by atoms with Crippen LogP contribution >= 0.6 is 0 Å². The molecule has 0 aliphatic heterocycles. The second kappa shape index (κ2) is 6.65. The summed E-state index contributed by atoms with van der Waals surface area (Å²) in [5.41, 5.74) is 1.15. The van der Waals surface area contributed by atoms with E-state index >= 15 is 0 Å². The van der Waals surface area contributed by atoms with Crippen LogP contribution in [0, 0.1) is 11.3 Å². The Bertz CT molecular complexity index is 396. The molecular formula is C13H16N2O. The number of furan rings is 1. The maximum absolute atomic E-state index is 9.00. The van der Waals surface area contributed by atoms with Gasteiger partial charge in [0.05, 0.1) is 12.3 Å². The van der Waals surface area contributed by atoms with Gasteiger partial charge in [-0.1, -0.05) is 18.2 Å². The normalized spacial score (nSPS) is 13.9. The molecule has 0 aromatic carbocycles. The first-order valence-electron chi connectivity index (χ1n) is 5.26. The largest absolute Gasteiger partial charge is 0.467 e. The summed E-state index contributed by atoms with van der Waals surface area (Å²) >= 11 is 0. The third-order valence-corrected chi connectivity index (χ3v) is 2.22. The highest BCUT2D eigenvalue weighted by Gasteiger charge is 2.11. The average molecular weight is 216 g/mol. The van der Waals surface area contributed by atoms with Crippen molar-refractivity contribution in [1.82, 2.24) is 5.32 Å². The molecule has 1 atom stereocenters. The van der Waals surface area contributed by atoms with Gasteiger partial charge < -0.3 is 4.42 Å². The lowest BCUT2D eigenvalue weighted by Gasteiger charge is -2.09. The summed E-state index contributed by atoms with van der Waals surface area (Å²) in [5, 5.41) is 12.1. The van der Waals surface area contributed by atoms with Crippen LogP contribution in [0.4, 0.5) is 0 Å². The molecule has 3 heteroatoms. The Morgan fingerprint density at radius 2 is 2.44 bits per heavy atom. The quantitative estimate of drug-likeness (QED) is 0.770. The van der Waals surface area contributed by atoms with Gasteiger partial charge in [-0.3, -0.25) is 5.32 Å². The second-order valence-corrected chi connectivity index (χ2v) is 3.32. The molecule has 0 spiro atoms. The molecule has 0 amide bonds. The third-order valence-electron chi connectivity index (χ3n) is 2.22. The van der Waals surface area contributed by atoms with Crippen LogP contribution in [0.15, 0.2) is 46.6 Å². The van der Waals surface area contributed by atoms with Crippen molar-refractivity contribution in [1.29, 1.82) is 5.26 Å². The Balaban J connectivity index is 2.57. The molecule has 0 saturated heterocycles. The van der Waals surface area contributed by atoms with Gasteiger partial charge in [0, 0.05) is 6.54 Å². The standard InChI is InChI=1S/C13H16N2O/c1-3-6-11(4-2)10-15-12(9-14)13-7-5-8-16-13/h3-8,12,15H,10H2,1-2H3/b6-3-,11-4+. The first kappa shape index (κ1) is 12.3. The highest BCUT2D eigenvalue weighted by molar-refractivity contribution is 5.21. The maximum atomic E-state index is 9.00. The molecule has 16 heavy (non-hydrogen) atoms. The van der Waals surface area contributed by atoms with Gasteiger partial charge >= 0.3 is 0 Å². The van der Waals surface area contributed by atoms with Gasteiger partial charge in [-0.2, -0.15) is 5.26 Å². The lowest BCUT2D eigenvalue weighted by molar-refractivity contribution is 0.465. The number of nitrogens with zero attached hydrogens (tertiary/aromatic N) is 1. The van der Waals surface area contributed by atoms with Crippen molar-refractivity contribution in [2.45, 2.75) is 19.9 Å². The van der Waals surface area contributed by atoms with Crippen molar-refractivity contribution in [3.8, 4) is 6.07 Å². The molecule has 1 heterocycles. The van der Waals surface area contributed by atoms with E-state index in [9.17, 15) is 0 Å². The molecule has 1 aromatic heterocycles. The van der Waals surface area contributed by atoms with E-state index < -0.39 is 6.04 Å². The lowest BCUT2D eigenvalue weighted by Crippen LogP contribution is -2.21. The van der Waals surface area contributed by atoms with Gasteiger partial charge in [-0.15, -0.1) is 0 Å². The smallest absolute Gasteiger partial charge is 0.154 e. The zero-order valence-electron chi connectivity index (χ0n) is 9.60. The SMILES string of the molecule is C/C=C\C(=C/C)CNC(C#N)c1ccco1. The fourth-order valence-electron chi connectivity index (χ4n) is 1.36. The van der Waals surface area contributed by atoms with Crippen LogP contribution in [-0.4, -0.2) is 6.54 Å². The zero-order valence-corrected chi connectivity index (χ0v) is 9.60. The van der Waals surface area contributed by atoms with Gasteiger partial charge in [0.25, 0.3) is 0 Å². The summed E-state index contributed by atoms with van der Waals surface area (Å²) in [4.78, 5) is 0. The summed E-state index contributed by atoms with van der Waals surface area (Å²) < 4.78 is 5.19. The average Bonchev–Trinajstić information content (AvgIpc) is 2.82. The van der Waals surface area contributed by atoms with Gasteiger partial charge in [0.1, 0.15) is 5.76 Å². The van der Waals surface area contributed by atoms with E-state index in [-0.39, 0.29) is 0 Å². The number of hydrogen-bond acceptors (Lipinski definition) is 3. The van der Waals surface area contributed by atoms with E-state index in [0.29, 0.717) is 12.3 Å². The van der Waals surface area contributed by atoms with Crippen molar-refractivity contribution in [2.75, 3.05) is 6.54 Å². The van der Waals surface area contributed by atoms with Crippen LogP contribution in [-0.2, 0) is 0 Å². The molecule has 0 bridgehead atoms. The first-order valence-corrected chi connectivity index (χ1v) is 5.26. The van der Waals surface area contributed by atoms with E-state index in [1.54, 1.807) is 18.4 Å². The number of nitrogens with one attached hydrogen (secondary N) is 1. The molecule has 0 saturated carbocycles. The highest BCUT2D eigenvalue weighted by Crippen LogP contribution is 2.12. The molecule has 1 N–H and O–H groups in total. The number of allylic oxidation sites excluding steroid dienone is 2. The topological polar surface area (TPSA) is 49.0 Å². The fraction of sp³-hybridized carbons (Fsp3) is 0.308. The van der Waals surface area contributed by atoms with Gasteiger partial charge in [-0.25, -0.2) is 0 Å². The molecule has 84 valence electrons. The van der Waals surface area contributed by atoms with Gasteiger partial charge in [-0.05, 0) is 31.6 Å². The van der Waals surface area contributed by atoms with E-state index in [1.807, 2.05) is 32.1 Å². The molecule has 1 unspecified atom stereocenters. The monoisotopic (exact) mass is 216 g/mol. The summed E-state index contributed by atoms with van der Waals surface area (Å²) in [6, 6.07) is 5.36. The van der Waals surface area contributed by atoms with Gasteiger partial charge in [0.2, 0.25) is 0 Å². The summed E-state index contributed by atoms with van der Waals surface area (Å²) in [5.74, 6) is 0.651. The molecule has 0 fully saturated rings. The minimum atomic E-state index is -0.393. The summed E-state index contributed by atoms with van der Waals surface area (Å²) in [6.07, 6.45) is 7.59. The fourth-order valence-corrected chi connectivity index (χ4v) is 1.36. The zero-order chi connectivity index (χ0) is 11.8. The molecule has 1 rings (SSSR count). The Labute approximate surface area is 96.1 Å². The van der Waals surface area contributed by atoms with Crippen LogP contribution in [0.5, 0.6) is 0 Å². The number of nitriles is 1. The van der Waals surface area contributed by atoms with E-state index in [4.69, 9.17) is 9.68 Å². The molecule has 0 radical (unpaired) electrons.